The Bertz CT molecular complexity index is 417. The van der Waals surface area contributed by atoms with Gasteiger partial charge in [0.1, 0.15) is 5.75 Å². The third-order valence-electron chi connectivity index (χ3n) is 1.95. The molecule has 0 aliphatic heterocycles. The zero-order chi connectivity index (χ0) is 13.8. The Hall–Kier alpha value is -1.76. The molecule has 0 spiro atoms. The molecular formula is C11H11F3O4. The lowest BCUT2D eigenvalue weighted by Crippen LogP contribution is -2.18. The first kappa shape index (κ1) is 14.3. The highest BCUT2D eigenvalue weighted by molar-refractivity contribution is 5.74. The molecule has 0 aliphatic rings. The standard InChI is InChI=1S/C11H11F3O4/c1-2-17-9(10(15)16)7-4-3-5-8(6-7)18-11(12,13)14/h3-6,9H,2H2,1H3,(H,15,16). The minimum absolute atomic E-state index is 0.0890. The van der Waals surface area contributed by atoms with E-state index in [-0.39, 0.29) is 12.2 Å². The molecule has 0 heterocycles. The van der Waals surface area contributed by atoms with Crippen molar-refractivity contribution >= 4 is 5.97 Å². The van der Waals surface area contributed by atoms with Crippen LogP contribution >= 0.6 is 0 Å². The predicted molar refractivity (Wildman–Crippen MR) is 55.1 cm³/mol. The van der Waals surface area contributed by atoms with Crippen LogP contribution in [0.4, 0.5) is 13.2 Å². The third kappa shape index (κ3) is 4.25. The highest BCUT2D eigenvalue weighted by atomic mass is 19.4. The van der Waals surface area contributed by atoms with E-state index in [1.165, 1.54) is 12.1 Å². The lowest BCUT2D eigenvalue weighted by molar-refractivity contribution is -0.274. The van der Waals surface area contributed by atoms with Gasteiger partial charge in [-0.15, -0.1) is 13.2 Å². The van der Waals surface area contributed by atoms with E-state index < -0.39 is 24.2 Å². The van der Waals surface area contributed by atoms with E-state index in [0.717, 1.165) is 12.1 Å². The molecule has 0 aromatic heterocycles. The average Bonchev–Trinajstić information content (AvgIpc) is 2.23. The van der Waals surface area contributed by atoms with Crippen LogP contribution in [0.15, 0.2) is 24.3 Å². The van der Waals surface area contributed by atoms with Crippen LogP contribution in [0.5, 0.6) is 5.75 Å². The molecule has 4 nitrogen and oxygen atoms in total. The molecule has 0 bridgehead atoms. The lowest BCUT2D eigenvalue weighted by Gasteiger charge is -2.14. The van der Waals surface area contributed by atoms with Crippen LogP contribution < -0.4 is 4.74 Å². The summed E-state index contributed by atoms with van der Waals surface area (Å²) in [5.41, 5.74) is 0.0890. The minimum atomic E-state index is -4.82. The SMILES string of the molecule is CCOC(C(=O)O)c1cccc(OC(F)(F)F)c1. The number of carboxylic acid groups (broad SMARTS) is 1. The Balaban J connectivity index is 2.95. The van der Waals surface area contributed by atoms with Gasteiger partial charge >= 0.3 is 12.3 Å². The van der Waals surface area contributed by atoms with Crippen LogP contribution in [-0.2, 0) is 9.53 Å². The molecule has 1 N–H and O–H groups in total. The summed E-state index contributed by atoms with van der Waals surface area (Å²) in [6.45, 7) is 1.72. The fourth-order valence-electron chi connectivity index (χ4n) is 1.35. The predicted octanol–water partition coefficient (Wildman–Crippen LogP) is 2.75. The molecule has 0 aliphatic carbocycles. The van der Waals surface area contributed by atoms with Gasteiger partial charge in [0.05, 0.1) is 0 Å². The maximum Gasteiger partial charge on any atom is 0.573 e. The number of alkyl halides is 3. The van der Waals surface area contributed by atoms with E-state index >= 15 is 0 Å². The summed E-state index contributed by atoms with van der Waals surface area (Å²) >= 11 is 0. The fraction of sp³-hybridized carbons (Fsp3) is 0.364. The molecule has 100 valence electrons. The molecule has 1 aromatic rings. The Labute approximate surface area is 101 Å². The van der Waals surface area contributed by atoms with Gasteiger partial charge in [-0.25, -0.2) is 4.79 Å². The van der Waals surface area contributed by atoms with Gasteiger partial charge in [-0.05, 0) is 24.6 Å². The number of halogens is 3. The Morgan fingerprint density at radius 3 is 2.61 bits per heavy atom. The van der Waals surface area contributed by atoms with Crippen LogP contribution in [0.25, 0.3) is 0 Å². The van der Waals surface area contributed by atoms with Crippen molar-refractivity contribution in [2.24, 2.45) is 0 Å². The highest BCUT2D eigenvalue weighted by Crippen LogP contribution is 2.26. The van der Waals surface area contributed by atoms with Crippen molar-refractivity contribution in [1.29, 1.82) is 0 Å². The minimum Gasteiger partial charge on any atom is -0.479 e. The van der Waals surface area contributed by atoms with Crippen LogP contribution in [-0.4, -0.2) is 24.0 Å². The monoisotopic (exact) mass is 264 g/mol. The Kier molecular flexibility index (Phi) is 4.55. The van der Waals surface area contributed by atoms with E-state index in [1.54, 1.807) is 6.92 Å². The second kappa shape index (κ2) is 5.72. The number of aliphatic carboxylic acids is 1. The first-order valence-electron chi connectivity index (χ1n) is 5.03. The molecule has 0 saturated heterocycles. The van der Waals surface area contributed by atoms with Gasteiger partial charge in [0.25, 0.3) is 0 Å². The van der Waals surface area contributed by atoms with Crippen molar-refractivity contribution in [3.05, 3.63) is 29.8 Å². The van der Waals surface area contributed by atoms with Gasteiger partial charge in [0, 0.05) is 6.61 Å². The molecule has 1 aromatic carbocycles. The fourth-order valence-corrected chi connectivity index (χ4v) is 1.35. The summed E-state index contributed by atoms with van der Waals surface area (Å²) in [5.74, 6) is -1.76. The van der Waals surface area contributed by atoms with Gasteiger partial charge in [0.15, 0.2) is 6.10 Å². The smallest absolute Gasteiger partial charge is 0.479 e. The topological polar surface area (TPSA) is 55.8 Å². The Morgan fingerprint density at radius 1 is 1.44 bits per heavy atom. The molecule has 1 unspecified atom stereocenters. The number of ether oxygens (including phenoxy) is 2. The van der Waals surface area contributed by atoms with Crippen molar-refractivity contribution < 1.29 is 32.5 Å². The molecule has 1 atom stereocenters. The quantitative estimate of drug-likeness (QED) is 0.888. The van der Waals surface area contributed by atoms with E-state index in [2.05, 4.69) is 4.74 Å². The van der Waals surface area contributed by atoms with Gasteiger partial charge in [-0.3, -0.25) is 0 Å². The summed E-state index contributed by atoms with van der Waals surface area (Å²) in [4.78, 5) is 10.9. The summed E-state index contributed by atoms with van der Waals surface area (Å²) in [5, 5.41) is 8.89. The van der Waals surface area contributed by atoms with E-state index in [4.69, 9.17) is 9.84 Å². The molecular weight excluding hydrogens is 253 g/mol. The molecule has 1 rings (SSSR count). The number of hydrogen-bond acceptors (Lipinski definition) is 3. The number of benzene rings is 1. The lowest BCUT2D eigenvalue weighted by atomic mass is 10.1. The van der Waals surface area contributed by atoms with Crippen molar-refractivity contribution in [3.8, 4) is 5.75 Å². The van der Waals surface area contributed by atoms with Crippen LogP contribution in [0.2, 0.25) is 0 Å². The summed E-state index contributed by atoms with van der Waals surface area (Å²) in [7, 11) is 0. The van der Waals surface area contributed by atoms with E-state index in [0.29, 0.717) is 0 Å². The first-order valence-corrected chi connectivity index (χ1v) is 5.03. The van der Waals surface area contributed by atoms with Crippen molar-refractivity contribution in [3.63, 3.8) is 0 Å². The maximum absolute atomic E-state index is 12.0. The summed E-state index contributed by atoms with van der Waals surface area (Å²) < 4.78 is 44.7. The number of carboxylic acids is 1. The van der Waals surface area contributed by atoms with E-state index in [9.17, 15) is 18.0 Å². The van der Waals surface area contributed by atoms with Gasteiger partial charge in [-0.1, -0.05) is 12.1 Å². The summed E-state index contributed by atoms with van der Waals surface area (Å²) in [6.07, 6.45) is -6.13. The second-order valence-corrected chi connectivity index (χ2v) is 3.29. The molecule has 18 heavy (non-hydrogen) atoms. The van der Waals surface area contributed by atoms with Gasteiger partial charge in [0.2, 0.25) is 0 Å². The highest BCUT2D eigenvalue weighted by Gasteiger charge is 2.31. The van der Waals surface area contributed by atoms with Crippen molar-refractivity contribution in [2.75, 3.05) is 6.61 Å². The number of hydrogen-bond donors (Lipinski definition) is 1. The van der Waals surface area contributed by atoms with Crippen molar-refractivity contribution in [2.45, 2.75) is 19.4 Å². The summed E-state index contributed by atoms with van der Waals surface area (Å²) in [6, 6.07) is 4.70. The molecule has 7 heteroatoms. The second-order valence-electron chi connectivity index (χ2n) is 3.29. The molecule has 0 fully saturated rings. The van der Waals surface area contributed by atoms with Gasteiger partial charge < -0.3 is 14.6 Å². The largest absolute Gasteiger partial charge is 0.573 e. The zero-order valence-electron chi connectivity index (χ0n) is 9.40. The molecule has 0 saturated carbocycles. The average molecular weight is 264 g/mol. The van der Waals surface area contributed by atoms with Crippen LogP contribution in [0.1, 0.15) is 18.6 Å². The van der Waals surface area contributed by atoms with Crippen LogP contribution in [0, 0.1) is 0 Å². The van der Waals surface area contributed by atoms with E-state index in [1.807, 2.05) is 0 Å². The Morgan fingerprint density at radius 2 is 2.11 bits per heavy atom. The van der Waals surface area contributed by atoms with Crippen molar-refractivity contribution in [1.82, 2.24) is 0 Å². The van der Waals surface area contributed by atoms with Crippen LogP contribution in [0.3, 0.4) is 0 Å². The maximum atomic E-state index is 12.0. The normalized spacial score (nSPS) is 13.1. The number of carbonyl (C=O) groups is 1. The number of rotatable bonds is 5. The zero-order valence-corrected chi connectivity index (χ0v) is 9.40. The van der Waals surface area contributed by atoms with Gasteiger partial charge in [-0.2, -0.15) is 0 Å². The molecule has 0 radical (unpaired) electrons. The molecule has 0 amide bonds. The first-order chi connectivity index (χ1) is 8.33. The third-order valence-corrected chi connectivity index (χ3v) is 1.95.